The molecule has 2 N–H and O–H groups in total. The summed E-state index contributed by atoms with van der Waals surface area (Å²) in [7, 11) is 1.35. The number of methoxy groups -OCH3 is 1. The van der Waals surface area contributed by atoms with E-state index in [0.29, 0.717) is 10.6 Å². The van der Waals surface area contributed by atoms with Crippen molar-refractivity contribution in [1.82, 2.24) is 5.32 Å². The van der Waals surface area contributed by atoms with Crippen LogP contribution in [0.1, 0.15) is 16.7 Å². The molecule has 0 bridgehead atoms. The third-order valence-corrected chi connectivity index (χ3v) is 6.27. The second kappa shape index (κ2) is 11.9. The minimum absolute atomic E-state index is 0.0231. The highest BCUT2D eigenvalue weighted by molar-refractivity contribution is 6.39. The molecule has 1 heterocycles. The van der Waals surface area contributed by atoms with Gasteiger partial charge in [-0.25, -0.2) is 9.69 Å². The molecule has 0 saturated carbocycles. The van der Waals surface area contributed by atoms with Gasteiger partial charge >= 0.3 is 6.03 Å². The molecule has 12 nitrogen and oxygen atoms in total. The Balaban J connectivity index is 1.55. The number of ether oxygens (including phenoxy) is 2. The number of benzene rings is 3. The summed E-state index contributed by atoms with van der Waals surface area (Å²) in [6.45, 7) is 3.44. The van der Waals surface area contributed by atoms with E-state index in [-0.39, 0.29) is 40.1 Å². The summed E-state index contributed by atoms with van der Waals surface area (Å²) in [4.78, 5) is 61.6. The molecule has 1 saturated heterocycles. The topological polar surface area (TPSA) is 157 Å². The maximum absolute atomic E-state index is 13.2. The third-order valence-electron chi connectivity index (χ3n) is 5.99. The summed E-state index contributed by atoms with van der Waals surface area (Å²) in [6.07, 6.45) is 1.20. The van der Waals surface area contributed by atoms with Crippen molar-refractivity contribution in [3.05, 3.63) is 92.0 Å². The van der Waals surface area contributed by atoms with Crippen LogP contribution in [0.4, 0.5) is 21.9 Å². The average molecular weight is 579 g/mol. The second-order valence-electron chi connectivity index (χ2n) is 8.92. The zero-order valence-corrected chi connectivity index (χ0v) is 22.8. The highest BCUT2D eigenvalue weighted by Gasteiger charge is 2.37. The highest BCUT2D eigenvalue weighted by Crippen LogP contribution is 2.37. The van der Waals surface area contributed by atoms with Crippen LogP contribution < -0.4 is 25.0 Å². The van der Waals surface area contributed by atoms with Crippen molar-refractivity contribution in [1.29, 1.82) is 0 Å². The van der Waals surface area contributed by atoms with Gasteiger partial charge in [0.1, 0.15) is 5.57 Å². The van der Waals surface area contributed by atoms with E-state index < -0.39 is 34.2 Å². The molecular weight excluding hydrogens is 556 g/mol. The number of anilines is 2. The van der Waals surface area contributed by atoms with Crippen LogP contribution >= 0.6 is 11.6 Å². The number of non-ortho nitro benzene ring substituents is 1. The normalized spacial score (nSPS) is 14.1. The van der Waals surface area contributed by atoms with Gasteiger partial charge in [0.2, 0.25) is 0 Å². The van der Waals surface area contributed by atoms with Crippen molar-refractivity contribution in [2.45, 2.75) is 13.8 Å². The number of halogens is 1. The van der Waals surface area contributed by atoms with E-state index in [9.17, 15) is 29.3 Å². The van der Waals surface area contributed by atoms with Crippen LogP contribution in [0.5, 0.6) is 11.5 Å². The summed E-state index contributed by atoms with van der Waals surface area (Å²) in [6, 6.07) is 12.1. The summed E-state index contributed by atoms with van der Waals surface area (Å²) < 4.78 is 11.0. The molecule has 5 amide bonds. The van der Waals surface area contributed by atoms with E-state index in [1.165, 1.54) is 37.5 Å². The first-order valence-corrected chi connectivity index (χ1v) is 12.4. The number of amides is 5. The Labute approximate surface area is 238 Å². The van der Waals surface area contributed by atoms with Gasteiger partial charge < -0.3 is 14.8 Å². The molecule has 4 rings (SSSR count). The molecule has 1 fully saturated rings. The molecule has 0 aromatic heterocycles. The van der Waals surface area contributed by atoms with E-state index in [2.05, 4.69) is 10.6 Å². The van der Waals surface area contributed by atoms with Crippen molar-refractivity contribution >= 4 is 58.5 Å². The molecular formula is C28H23ClN4O8. The van der Waals surface area contributed by atoms with E-state index in [4.69, 9.17) is 21.1 Å². The van der Waals surface area contributed by atoms with Gasteiger partial charge in [-0.15, -0.1) is 0 Å². The number of hydrogen-bond acceptors (Lipinski definition) is 8. The maximum atomic E-state index is 13.2. The molecule has 1 aliphatic heterocycles. The Bertz CT molecular complexity index is 1620. The molecule has 0 aliphatic carbocycles. The monoisotopic (exact) mass is 578 g/mol. The van der Waals surface area contributed by atoms with Crippen molar-refractivity contribution < 1.29 is 33.6 Å². The largest absolute Gasteiger partial charge is 0.493 e. The number of hydrogen-bond donors (Lipinski definition) is 2. The number of nitro benzene ring substituents is 1. The van der Waals surface area contributed by atoms with Gasteiger partial charge in [-0.2, -0.15) is 0 Å². The van der Waals surface area contributed by atoms with Crippen molar-refractivity contribution in [3.8, 4) is 11.5 Å². The van der Waals surface area contributed by atoms with E-state index in [0.717, 1.165) is 23.3 Å². The fourth-order valence-corrected chi connectivity index (χ4v) is 4.30. The predicted octanol–water partition coefficient (Wildman–Crippen LogP) is 4.56. The van der Waals surface area contributed by atoms with Crippen LogP contribution in [0.15, 0.2) is 60.2 Å². The summed E-state index contributed by atoms with van der Waals surface area (Å²) in [5.74, 6) is -2.14. The first-order chi connectivity index (χ1) is 19.5. The predicted molar refractivity (Wildman–Crippen MR) is 150 cm³/mol. The SMILES string of the molecule is COc1cc(/C=C2/C(=O)NC(=O)N(c3ccc([N+](=O)[O-])cc3)C2=O)cc(Cl)c1OCC(=O)Nc1ccc(C)cc1C. The molecule has 0 radical (unpaired) electrons. The Morgan fingerprint density at radius 3 is 2.44 bits per heavy atom. The Kier molecular flexibility index (Phi) is 8.34. The second-order valence-corrected chi connectivity index (χ2v) is 9.33. The number of carbonyl (C=O) groups excluding carboxylic acids is 4. The van der Waals surface area contributed by atoms with Gasteiger partial charge in [0.25, 0.3) is 23.4 Å². The van der Waals surface area contributed by atoms with Gasteiger partial charge in [-0.3, -0.25) is 29.8 Å². The average Bonchev–Trinajstić information content (AvgIpc) is 2.92. The fourth-order valence-electron chi connectivity index (χ4n) is 4.02. The lowest BCUT2D eigenvalue weighted by Gasteiger charge is -2.26. The number of rotatable bonds is 8. The van der Waals surface area contributed by atoms with Gasteiger partial charge in [-0.1, -0.05) is 29.3 Å². The Hall–Kier alpha value is -5.23. The number of imide groups is 2. The Morgan fingerprint density at radius 1 is 1.10 bits per heavy atom. The molecule has 3 aromatic carbocycles. The zero-order valence-electron chi connectivity index (χ0n) is 22.0. The molecule has 1 aliphatic rings. The van der Waals surface area contributed by atoms with Crippen LogP contribution in [0.2, 0.25) is 5.02 Å². The van der Waals surface area contributed by atoms with E-state index >= 15 is 0 Å². The van der Waals surface area contributed by atoms with Crippen LogP contribution in [-0.2, 0) is 14.4 Å². The fraction of sp³-hybridized carbons (Fsp3) is 0.143. The standard InChI is InChI=1S/C28H23ClN4O8/c1-15-4-9-22(16(2)10-15)30-24(34)14-41-25-21(29)12-17(13-23(25)40-3)11-20-26(35)31-28(37)32(27(20)36)18-5-7-19(8-6-18)33(38)39/h4-13H,14H2,1-3H3,(H,30,34)(H,31,35,37)/b20-11-. The van der Waals surface area contributed by atoms with Gasteiger partial charge in [-0.05, 0) is 61.4 Å². The van der Waals surface area contributed by atoms with Gasteiger partial charge in [0.05, 0.1) is 22.7 Å². The number of nitro groups is 1. The van der Waals surface area contributed by atoms with E-state index in [1.807, 2.05) is 26.0 Å². The molecule has 0 unspecified atom stereocenters. The smallest absolute Gasteiger partial charge is 0.335 e. The number of nitrogens with one attached hydrogen (secondary N) is 2. The first kappa shape index (κ1) is 28.8. The number of aryl methyl sites for hydroxylation is 2. The van der Waals surface area contributed by atoms with Crippen LogP contribution in [-0.4, -0.2) is 42.4 Å². The number of barbiturate groups is 1. The summed E-state index contributed by atoms with van der Waals surface area (Å²) in [5, 5.41) is 15.8. The molecule has 0 atom stereocenters. The van der Waals surface area contributed by atoms with Gasteiger partial charge in [0.15, 0.2) is 18.1 Å². The quantitative estimate of drug-likeness (QED) is 0.170. The van der Waals surface area contributed by atoms with Crippen molar-refractivity contribution in [2.75, 3.05) is 23.9 Å². The van der Waals surface area contributed by atoms with Crippen molar-refractivity contribution in [3.63, 3.8) is 0 Å². The van der Waals surface area contributed by atoms with Crippen LogP contribution in [0, 0.1) is 24.0 Å². The number of nitrogens with zero attached hydrogens (tertiary/aromatic N) is 2. The molecule has 13 heteroatoms. The van der Waals surface area contributed by atoms with Crippen molar-refractivity contribution in [2.24, 2.45) is 0 Å². The summed E-state index contributed by atoms with van der Waals surface area (Å²) in [5.41, 5.74) is 2.23. The Morgan fingerprint density at radius 2 is 1.80 bits per heavy atom. The number of urea groups is 1. The first-order valence-electron chi connectivity index (χ1n) is 12.0. The molecule has 3 aromatic rings. The number of carbonyl (C=O) groups is 4. The third kappa shape index (κ3) is 6.34. The highest BCUT2D eigenvalue weighted by atomic mass is 35.5. The zero-order chi connectivity index (χ0) is 29.8. The van der Waals surface area contributed by atoms with Crippen LogP contribution in [0.3, 0.4) is 0 Å². The van der Waals surface area contributed by atoms with E-state index in [1.54, 1.807) is 6.07 Å². The molecule has 210 valence electrons. The lowest BCUT2D eigenvalue weighted by Crippen LogP contribution is -2.54. The minimum atomic E-state index is -1.01. The van der Waals surface area contributed by atoms with Crippen LogP contribution in [0.25, 0.3) is 6.08 Å². The van der Waals surface area contributed by atoms with Gasteiger partial charge in [0, 0.05) is 17.8 Å². The molecule has 0 spiro atoms. The lowest BCUT2D eigenvalue weighted by atomic mass is 10.1. The minimum Gasteiger partial charge on any atom is -0.493 e. The molecule has 41 heavy (non-hydrogen) atoms. The maximum Gasteiger partial charge on any atom is 0.335 e. The lowest BCUT2D eigenvalue weighted by molar-refractivity contribution is -0.384. The summed E-state index contributed by atoms with van der Waals surface area (Å²) >= 11 is 6.41.